The fourth-order valence-electron chi connectivity index (χ4n) is 3.53. The van der Waals surface area contributed by atoms with Gasteiger partial charge in [-0.15, -0.1) is 0 Å². The van der Waals surface area contributed by atoms with Crippen LogP contribution in [0.1, 0.15) is 47.8 Å². The largest absolute Gasteiger partial charge is 0.336 e. The number of carbonyl (C=O) groups is 1. The number of nitrogens with zero attached hydrogens (tertiary/aromatic N) is 4. The second-order valence-corrected chi connectivity index (χ2v) is 7.37. The van der Waals surface area contributed by atoms with Crippen molar-refractivity contribution >= 4 is 5.91 Å². The van der Waals surface area contributed by atoms with E-state index in [1.54, 1.807) is 0 Å². The van der Waals surface area contributed by atoms with Gasteiger partial charge in [0.15, 0.2) is 5.82 Å². The van der Waals surface area contributed by atoms with Crippen LogP contribution >= 0.6 is 0 Å². The van der Waals surface area contributed by atoms with Crippen LogP contribution in [0.3, 0.4) is 0 Å². The van der Waals surface area contributed by atoms with Crippen LogP contribution in [0.15, 0.2) is 28.8 Å². The van der Waals surface area contributed by atoms with Crippen LogP contribution in [0.25, 0.3) is 11.5 Å². The molecule has 0 spiro atoms. The maximum atomic E-state index is 12.7. The first-order valence-corrected chi connectivity index (χ1v) is 9.25. The topological polar surface area (TPSA) is 62.5 Å². The minimum Gasteiger partial charge on any atom is -0.336 e. The van der Waals surface area contributed by atoms with Crippen LogP contribution in [-0.2, 0) is 0 Å². The molecule has 0 bridgehead atoms. The van der Waals surface area contributed by atoms with Gasteiger partial charge < -0.3 is 9.42 Å². The number of hydrogen-bond acceptors (Lipinski definition) is 5. The number of piperazine rings is 1. The quantitative estimate of drug-likeness (QED) is 0.857. The summed E-state index contributed by atoms with van der Waals surface area (Å²) in [6.45, 7) is 3.65. The smallest absolute Gasteiger partial charge is 0.257 e. The van der Waals surface area contributed by atoms with E-state index < -0.39 is 0 Å². The predicted molar refractivity (Wildman–Crippen MR) is 92.2 cm³/mol. The standard InChI is InChI=1S/C19H22N4O2/c24-19(23-11-9-22(10-12-23)16-7-8-16)15-5-3-14(4-6-15)18-20-17(21-25-18)13-1-2-13/h3-6,13,16H,1-2,7-12H2. The molecule has 1 saturated heterocycles. The molecular formula is C19H22N4O2. The van der Waals surface area contributed by atoms with Crippen molar-refractivity contribution in [2.24, 2.45) is 0 Å². The van der Waals surface area contributed by atoms with Gasteiger partial charge in [0.1, 0.15) is 0 Å². The van der Waals surface area contributed by atoms with Gasteiger partial charge in [-0.25, -0.2) is 0 Å². The second kappa shape index (κ2) is 5.95. The second-order valence-electron chi connectivity index (χ2n) is 7.37. The molecule has 0 unspecified atom stereocenters. The third-order valence-electron chi connectivity index (χ3n) is 5.43. The van der Waals surface area contributed by atoms with E-state index in [0.29, 0.717) is 11.8 Å². The van der Waals surface area contributed by atoms with Crippen molar-refractivity contribution in [1.82, 2.24) is 19.9 Å². The van der Waals surface area contributed by atoms with Crippen molar-refractivity contribution < 1.29 is 9.32 Å². The molecule has 1 aromatic carbocycles. The van der Waals surface area contributed by atoms with E-state index in [1.807, 2.05) is 29.2 Å². The number of aromatic nitrogens is 2. The monoisotopic (exact) mass is 338 g/mol. The molecule has 25 heavy (non-hydrogen) atoms. The molecular weight excluding hydrogens is 316 g/mol. The number of rotatable bonds is 4. The van der Waals surface area contributed by atoms with Gasteiger partial charge in [0.05, 0.1) is 0 Å². The summed E-state index contributed by atoms with van der Waals surface area (Å²) in [5.41, 5.74) is 1.60. The van der Waals surface area contributed by atoms with Crippen LogP contribution in [0, 0.1) is 0 Å². The van der Waals surface area contributed by atoms with Gasteiger partial charge in [-0.1, -0.05) is 5.16 Å². The molecule has 2 aliphatic carbocycles. The zero-order chi connectivity index (χ0) is 16.8. The lowest BCUT2D eigenvalue weighted by molar-refractivity contribution is 0.0627. The molecule has 3 fully saturated rings. The Hall–Kier alpha value is -2.21. The fourth-order valence-corrected chi connectivity index (χ4v) is 3.53. The van der Waals surface area contributed by atoms with Crippen molar-refractivity contribution in [1.29, 1.82) is 0 Å². The summed E-state index contributed by atoms with van der Waals surface area (Å²) in [7, 11) is 0. The zero-order valence-electron chi connectivity index (χ0n) is 14.2. The number of benzene rings is 1. The van der Waals surface area contributed by atoms with E-state index >= 15 is 0 Å². The highest BCUT2D eigenvalue weighted by molar-refractivity contribution is 5.94. The zero-order valence-corrected chi connectivity index (χ0v) is 14.2. The molecule has 130 valence electrons. The van der Waals surface area contributed by atoms with E-state index in [-0.39, 0.29) is 5.91 Å². The van der Waals surface area contributed by atoms with Gasteiger partial charge in [-0.3, -0.25) is 9.69 Å². The lowest BCUT2D eigenvalue weighted by Gasteiger charge is -2.34. The van der Waals surface area contributed by atoms with Gasteiger partial charge in [-0.2, -0.15) is 4.98 Å². The highest BCUT2D eigenvalue weighted by Crippen LogP contribution is 2.38. The van der Waals surface area contributed by atoms with Crippen molar-refractivity contribution in [3.05, 3.63) is 35.7 Å². The average Bonchev–Trinajstić information content (AvgIpc) is 3.60. The van der Waals surface area contributed by atoms with Gasteiger partial charge >= 0.3 is 0 Å². The van der Waals surface area contributed by atoms with Gasteiger partial charge in [0.2, 0.25) is 0 Å². The van der Waals surface area contributed by atoms with Gasteiger partial charge in [0.25, 0.3) is 11.8 Å². The first kappa shape index (κ1) is 15.1. The average molecular weight is 338 g/mol. The molecule has 1 amide bonds. The van der Waals surface area contributed by atoms with E-state index in [9.17, 15) is 4.79 Å². The van der Waals surface area contributed by atoms with Crippen molar-refractivity contribution in [3.8, 4) is 11.5 Å². The number of hydrogen-bond donors (Lipinski definition) is 0. The van der Waals surface area contributed by atoms with Crippen LogP contribution in [0.5, 0.6) is 0 Å². The fraction of sp³-hybridized carbons (Fsp3) is 0.526. The molecule has 1 aliphatic heterocycles. The number of amides is 1. The lowest BCUT2D eigenvalue weighted by Crippen LogP contribution is -2.49. The molecule has 2 aromatic rings. The van der Waals surface area contributed by atoms with E-state index in [0.717, 1.165) is 62.0 Å². The molecule has 2 saturated carbocycles. The minimum atomic E-state index is 0.117. The Morgan fingerprint density at radius 2 is 1.72 bits per heavy atom. The molecule has 3 aliphatic rings. The van der Waals surface area contributed by atoms with Crippen molar-refractivity contribution in [2.75, 3.05) is 26.2 Å². The normalized spacial score (nSPS) is 21.5. The summed E-state index contributed by atoms with van der Waals surface area (Å²) in [5, 5.41) is 4.05. The molecule has 0 atom stereocenters. The van der Waals surface area contributed by atoms with E-state index in [2.05, 4.69) is 15.0 Å². The summed E-state index contributed by atoms with van der Waals surface area (Å²) in [4.78, 5) is 21.6. The predicted octanol–water partition coefficient (Wildman–Crippen LogP) is 2.53. The Kier molecular flexibility index (Phi) is 3.59. The molecule has 0 radical (unpaired) electrons. The SMILES string of the molecule is O=C(c1ccc(-c2nc(C3CC3)no2)cc1)N1CCN(C2CC2)CC1. The van der Waals surface area contributed by atoms with Crippen LogP contribution < -0.4 is 0 Å². The highest BCUT2D eigenvalue weighted by atomic mass is 16.5. The number of carbonyl (C=O) groups excluding carboxylic acids is 1. The Morgan fingerprint density at radius 1 is 1.00 bits per heavy atom. The summed E-state index contributed by atoms with van der Waals surface area (Å²) in [6.07, 6.45) is 4.96. The Labute approximate surface area is 146 Å². The maximum Gasteiger partial charge on any atom is 0.257 e. The summed E-state index contributed by atoms with van der Waals surface area (Å²) < 4.78 is 5.35. The Morgan fingerprint density at radius 3 is 2.36 bits per heavy atom. The molecule has 2 heterocycles. The highest BCUT2D eigenvalue weighted by Gasteiger charge is 2.32. The van der Waals surface area contributed by atoms with Crippen LogP contribution in [-0.4, -0.2) is 58.1 Å². The minimum absolute atomic E-state index is 0.117. The Bertz CT molecular complexity index is 769. The lowest BCUT2D eigenvalue weighted by atomic mass is 10.1. The summed E-state index contributed by atoms with van der Waals surface area (Å²) >= 11 is 0. The van der Waals surface area contributed by atoms with Gasteiger partial charge in [0, 0.05) is 49.3 Å². The Balaban J connectivity index is 1.25. The van der Waals surface area contributed by atoms with Crippen molar-refractivity contribution in [3.63, 3.8) is 0 Å². The third-order valence-corrected chi connectivity index (χ3v) is 5.43. The summed E-state index contributed by atoms with van der Waals surface area (Å²) in [6, 6.07) is 8.32. The molecule has 1 aromatic heterocycles. The maximum absolute atomic E-state index is 12.7. The summed E-state index contributed by atoms with van der Waals surface area (Å²) in [5.74, 6) is 1.95. The first-order chi connectivity index (χ1) is 12.3. The molecule has 6 nitrogen and oxygen atoms in total. The molecule has 5 rings (SSSR count). The van der Waals surface area contributed by atoms with E-state index in [1.165, 1.54) is 12.8 Å². The van der Waals surface area contributed by atoms with Gasteiger partial charge in [-0.05, 0) is 49.9 Å². The first-order valence-electron chi connectivity index (χ1n) is 9.25. The molecule has 0 N–H and O–H groups in total. The van der Waals surface area contributed by atoms with E-state index in [4.69, 9.17) is 4.52 Å². The molecule has 6 heteroatoms. The van der Waals surface area contributed by atoms with Crippen LogP contribution in [0.2, 0.25) is 0 Å². The third kappa shape index (κ3) is 3.06. The van der Waals surface area contributed by atoms with Crippen LogP contribution in [0.4, 0.5) is 0 Å². The van der Waals surface area contributed by atoms with Crippen molar-refractivity contribution in [2.45, 2.75) is 37.6 Å².